The van der Waals surface area contributed by atoms with Gasteiger partial charge in [0, 0.05) is 6.20 Å². The van der Waals surface area contributed by atoms with Crippen LogP contribution < -0.4 is 0 Å². The van der Waals surface area contributed by atoms with Crippen LogP contribution in [0.4, 0.5) is 0 Å². The molecule has 2 atom stereocenters. The van der Waals surface area contributed by atoms with Gasteiger partial charge in [0.1, 0.15) is 6.04 Å². The van der Waals surface area contributed by atoms with Crippen LogP contribution in [0.5, 0.6) is 0 Å². The lowest BCUT2D eigenvalue weighted by molar-refractivity contribution is -0.145. The molecular formula is C21H26N2O2. The zero-order valence-electron chi connectivity index (χ0n) is 15.2. The molecular weight excluding hydrogens is 312 g/mol. The van der Waals surface area contributed by atoms with E-state index in [9.17, 15) is 9.90 Å². The Morgan fingerprint density at radius 2 is 1.84 bits per heavy atom. The molecule has 0 spiro atoms. The van der Waals surface area contributed by atoms with E-state index in [0.29, 0.717) is 6.42 Å². The number of carboxylic acids is 1. The molecule has 1 saturated heterocycles. The lowest BCUT2D eigenvalue weighted by Crippen LogP contribution is -2.47. The molecule has 1 aromatic heterocycles. The Morgan fingerprint density at radius 3 is 2.44 bits per heavy atom. The highest BCUT2D eigenvalue weighted by Gasteiger charge is 2.35. The summed E-state index contributed by atoms with van der Waals surface area (Å²) < 4.78 is 0. The molecule has 0 amide bonds. The summed E-state index contributed by atoms with van der Waals surface area (Å²) in [6.07, 6.45) is 4.55. The zero-order chi connectivity index (χ0) is 18.0. The average Bonchev–Trinajstić information content (AvgIpc) is 2.56. The maximum Gasteiger partial charge on any atom is 0.320 e. The molecule has 1 aliphatic heterocycles. The predicted molar refractivity (Wildman–Crippen MR) is 98.7 cm³/mol. The Kier molecular flexibility index (Phi) is 5.19. The van der Waals surface area contributed by atoms with Crippen molar-refractivity contribution >= 4 is 5.97 Å². The summed E-state index contributed by atoms with van der Waals surface area (Å²) in [6, 6.07) is 9.97. The number of aryl methyl sites for hydroxylation is 3. The SMILES string of the molecule is Cc1ccc(C(c2cc(C)cc(C)c2)N2CCCCC2C(=O)O)nc1. The van der Waals surface area contributed by atoms with Crippen molar-refractivity contribution in [1.82, 2.24) is 9.88 Å². The lowest BCUT2D eigenvalue weighted by atomic mass is 9.92. The molecule has 0 saturated carbocycles. The first-order valence-corrected chi connectivity index (χ1v) is 8.95. The molecule has 1 aromatic carbocycles. The summed E-state index contributed by atoms with van der Waals surface area (Å²) in [4.78, 5) is 18.6. The fourth-order valence-corrected chi connectivity index (χ4v) is 3.87. The molecule has 132 valence electrons. The second-order valence-corrected chi connectivity index (χ2v) is 7.17. The standard InChI is InChI=1S/C21H26N2O2/c1-14-7-8-18(22-13-14)20(17-11-15(2)10-16(3)12-17)23-9-5-4-6-19(23)21(24)25/h7-8,10-13,19-20H,4-6,9H2,1-3H3,(H,24,25). The Morgan fingerprint density at radius 1 is 1.12 bits per heavy atom. The van der Waals surface area contributed by atoms with E-state index in [2.05, 4.69) is 48.0 Å². The largest absolute Gasteiger partial charge is 0.480 e. The smallest absolute Gasteiger partial charge is 0.320 e. The first kappa shape index (κ1) is 17.6. The topological polar surface area (TPSA) is 53.4 Å². The number of carboxylic acid groups (broad SMARTS) is 1. The minimum atomic E-state index is -0.735. The lowest BCUT2D eigenvalue weighted by Gasteiger charge is -2.39. The fourth-order valence-electron chi connectivity index (χ4n) is 3.87. The summed E-state index contributed by atoms with van der Waals surface area (Å²) in [5, 5.41) is 9.74. The van der Waals surface area contributed by atoms with Gasteiger partial charge in [0.05, 0.1) is 11.7 Å². The monoisotopic (exact) mass is 338 g/mol. The summed E-state index contributed by atoms with van der Waals surface area (Å²) in [5.74, 6) is -0.735. The molecule has 0 bridgehead atoms. The summed E-state index contributed by atoms with van der Waals surface area (Å²) >= 11 is 0. The average molecular weight is 338 g/mol. The van der Waals surface area contributed by atoms with Gasteiger partial charge < -0.3 is 5.11 Å². The van der Waals surface area contributed by atoms with Gasteiger partial charge in [-0.25, -0.2) is 0 Å². The van der Waals surface area contributed by atoms with Crippen molar-refractivity contribution in [3.8, 4) is 0 Å². The van der Waals surface area contributed by atoms with Crippen LogP contribution >= 0.6 is 0 Å². The molecule has 2 heterocycles. The maximum atomic E-state index is 11.9. The fraction of sp³-hybridized carbons (Fsp3) is 0.429. The van der Waals surface area contributed by atoms with E-state index in [0.717, 1.165) is 36.2 Å². The molecule has 2 aromatic rings. The van der Waals surface area contributed by atoms with Crippen LogP contribution in [0.3, 0.4) is 0 Å². The quantitative estimate of drug-likeness (QED) is 0.914. The van der Waals surface area contributed by atoms with E-state index >= 15 is 0 Å². The molecule has 3 rings (SSSR count). The predicted octanol–water partition coefficient (Wildman–Crippen LogP) is 4.04. The molecule has 1 N–H and O–H groups in total. The first-order chi connectivity index (χ1) is 12.0. The van der Waals surface area contributed by atoms with E-state index < -0.39 is 12.0 Å². The number of piperidine rings is 1. The van der Waals surface area contributed by atoms with E-state index in [1.807, 2.05) is 19.2 Å². The highest BCUT2D eigenvalue weighted by Crippen LogP contribution is 2.34. The van der Waals surface area contributed by atoms with Crippen LogP contribution in [0.2, 0.25) is 0 Å². The number of carbonyl (C=O) groups is 1. The van der Waals surface area contributed by atoms with Crippen LogP contribution in [-0.2, 0) is 4.79 Å². The van der Waals surface area contributed by atoms with Crippen molar-refractivity contribution in [3.05, 3.63) is 64.5 Å². The van der Waals surface area contributed by atoms with Gasteiger partial charge in [-0.05, 0) is 57.4 Å². The zero-order valence-corrected chi connectivity index (χ0v) is 15.2. The Balaban J connectivity index is 2.10. The number of hydrogen-bond donors (Lipinski definition) is 1. The van der Waals surface area contributed by atoms with Crippen molar-refractivity contribution in [2.75, 3.05) is 6.54 Å². The highest BCUT2D eigenvalue weighted by atomic mass is 16.4. The van der Waals surface area contributed by atoms with Crippen molar-refractivity contribution in [2.45, 2.75) is 52.1 Å². The highest BCUT2D eigenvalue weighted by molar-refractivity contribution is 5.73. The summed E-state index contributed by atoms with van der Waals surface area (Å²) in [5.41, 5.74) is 5.54. The van der Waals surface area contributed by atoms with Crippen molar-refractivity contribution in [2.24, 2.45) is 0 Å². The van der Waals surface area contributed by atoms with Gasteiger partial charge in [-0.3, -0.25) is 14.7 Å². The van der Waals surface area contributed by atoms with Gasteiger partial charge in [0.15, 0.2) is 0 Å². The minimum Gasteiger partial charge on any atom is -0.480 e. The molecule has 25 heavy (non-hydrogen) atoms. The summed E-state index contributed by atoms with van der Waals surface area (Å²) in [7, 11) is 0. The van der Waals surface area contributed by atoms with Crippen LogP contribution in [-0.4, -0.2) is 33.5 Å². The van der Waals surface area contributed by atoms with E-state index in [-0.39, 0.29) is 6.04 Å². The first-order valence-electron chi connectivity index (χ1n) is 8.95. The number of rotatable bonds is 4. The van der Waals surface area contributed by atoms with Gasteiger partial charge in [-0.15, -0.1) is 0 Å². The van der Waals surface area contributed by atoms with Gasteiger partial charge in [-0.1, -0.05) is 41.8 Å². The molecule has 2 unspecified atom stereocenters. The van der Waals surface area contributed by atoms with Crippen molar-refractivity contribution in [1.29, 1.82) is 0 Å². The van der Waals surface area contributed by atoms with Gasteiger partial charge in [0.25, 0.3) is 0 Å². The van der Waals surface area contributed by atoms with E-state index in [4.69, 9.17) is 0 Å². The van der Waals surface area contributed by atoms with Gasteiger partial charge in [0.2, 0.25) is 0 Å². The van der Waals surface area contributed by atoms with Crippen LogP contribution in [0.1, 0.15) is 53.3 Å². The van der Waals surface area contributed by atoms with Gasteiger partial charge in [-0.2, -0.15) is 0 Å². The molecule has 4 heteroatoms. The van der Waals surface area contributed by atoms with Crippen LogP contribution in [0, 0.1) is 20.8 Å². The normalized spacial score (nSPS) is 19.6. The molecule has 1 fully saturated rings. The molecule has 1 aliphatic rings. The third kappa shape index (κ3) is 3.90. The third-order valence-corrected chi connectivity index (χ3v) is 4.94. The number of aliphatic carboxylic acids is 1. The Labute approximate surface area is 149 Å². The second-order valence-electron chi connectivity index (χ2n) is 7.17. The van der Waals surface area contributed by atoms with E-state index in [1.165, 1.54) is 11.1 Å². The van der Waals surface area contributed by atoms with Crippen LogP contribution in [0.25, 0.3) is 0 Å². The summed E-state index contributed by atoms with van der Waals surface area (Å²) in [6.45, 7) is 6.97. The van der Waals surface area contributed by atoms with Crippen LogP contribution in [0.15, 0.2) is 36.5 Å². The second kappa shape index (κ2) is 7.36. The van der Waals surface area contributed by atoms with Gasteiger partial charge >= 0.3 is 5.97 Å². The Bertz CT molecular complexity index is 735. The maximum absolute atomic E-state index is 11.9. The third-order valence-electron chi connectivity index (χ3n) is 4.94. The number of benzene rings is 1. The molecule has 0 aliphatic carbocycles. The molecule has 0 radical (unpaired) electrons. The number of pyridine rings is 1. The van der Waals surface area contributed by atoms with Crippen molar-refractivity contribution < 1.29 is 9.90 Å². The molecule has 4 nitrogen and oxygen atoms in total. The van der Waals surface area contributed by atoms with E-state index in [1.54, 1.807) is 0 Å². The number of aromatic nitrogens is 1. The Hall–Kier alpha value is -2.20. The minimum absolute atomic E-state index is 0.124. The van der Waals surface area contributed by atoms with Crippen molar-refractivity contribution in [3.63, 3.8) is 0 Å². The number of hydrogen-bond acceptors (Lipinski definition) is 3. The number of nitrogens with zero attached hydrogens (tertiary/aromatic N) is 2. The number of likely N-dealkylation sites (tertiary alicyclic amines) is 1.